The number of thioether (sulfide) groups is 1. The first-order valence-corrected chi connectivity index (χ1v) is 11.2. The standard InChI is InChI=1S/C18H24IN3O4S/c19-18(24)21-16(12-27-11-14-4-2-1-3-5-14)17(23)20-10-13-6-8-15(9-7-13)22(25)26/h6-9,14,16H,1-5,10-12H2,(H,20,23)(H,21,24). The summed E-state index contributed by atoms with van der Waals surface area (Å²) in [5, 5.41) is 16.2. The van der Waals surface area contributed by atoms with Crippen molar-refractivity contribution in [3.8, 4) is 0 Å². The van der Waals surface area contributed by atoms with E-state index in [2.05, 4.69) is 10.6 Å². The molecule has 1 unspecified atom stereocenters. The van der Waals surface area contributed by atoms with Crippen LogP contribution in [0.5, 0.6) is 0 Å². The maximum absolute atomic E-state index is 12.5. The summed E-state index contributed by atoms with van der Waals surface area (Å²) < 4.78 is -0.263. The molecule has 2 amide bonds. The van der Waals surface area contributed by atoms with Crippen LogP contribution < -0.4 is 10.6 Å². The molecule has 0 saturated heterocycles. The fourth-order valence-electron chi connectivity index (χ4n) is 3.07. The zero-order chi connectivity index (χ0) is 19.6. The molecule has 1 fully saturated rings. The minimum Gasteiger partial charge on any atom is -0.350 e. The van der Waals surface area contributed by atoms with Gasteiger partial charge in [-0.15, -0.1) is 0 Å². The third kappa shape index (κ3) is 8.04. The van der Waals surface area contributed by atoms with E-state index in [1.807, 2.05) is 0 Å². The second-order valence-corrected chi connectivity index (χ2v) is 8.71. The van der Waals surface area contributed by atoms with Crippen LogP contribution in [0, 0.1) is 16.0 Å². The van der Waals surface area contributed by atoms with Crippen molar-refractivity contribution in [3.05, 3.63) is 39.9 Å². The van der Waals surface area contributed by atoms with E-state index in [9.17, 15) is 19.7 Å². The summed E-state index contributed by atoms with van der Waals surface area (Å²) >= 11 is 3.34. The molecule has 9 heteroatoms. The van der Waals surface area contributed by atoms with E-state index in [0.29, 0.717) is 11.7 Å². The molecule has 0 bridgehead atoms. The molecule has 27 heavy (non-hydrogen) atoms. The van der Waals surface area contributed by atoms with Crippen molar-refractivity contribution in [3.63, 3.8) is 0 Å². The quantitative estimate of drug-likeness (QED) is 0.174. The van der Waals surface area contributed by atoms with Gasteiger partial charge in [0.1, 0.15) is 6.04 Å². The summed E-state index contributed by atoms with van der Waals surface area (Å²) in [6.07, 6.45) is 6.40. The number of nitrogens with zero attached hydrogens (tertiary/aromatic N) is 1. The van der Waals surface area contributed by atoms with E-state index in [4.69, 9.17) is 0 Å². The van der Waals surface area contributed by atoms with Crippen molar-refractivity contribution in [2.75, 3.05) is 11.5 Å². The number of carbonyl (C=O) groups is 2. The van der Waals surface area contributed by atoms with Gasteiger partial charge in [0.25, 0.3) is 9.60 Å². The molecule has 0 aliphatic heterocycles. The minimum absolute atomic E-state index is 0.0132. The number of hydrogen-bond donors (Lipinski definition) is 2. The Morgan fingerprint density at radius 1 is 1.22 bits per heavy atom. The normalized spacial score (nSPS) is 15.7. The van der Waals surface area contributed by atoms with E-state index in [-0.39, 0.29) is 22.1 Å². The fourth-order valence-corrected chi connectivity index (χ4v) is 4.72. The van der Waals surface area contributed by atoms with Gasteiger partial charge in [-0.05, 0) is 30.1 Å². The predicted octanol–water partition coefficient (Wildman–Crippen LogP) is 4.04. The molecule has 1 aliphatic carbocycles. The Hall–Kier alpha value is -1.36. The molecule has 0 heterocycles. The molecule has 2 N–H and O–H groups in total. The van der Waals surface area contributed by atoms with Crippen LogP contribution in [0.25, 0.3) is 0 Å². The number of carbonyl (C=O) groups excluding carboxylic acids is 2. The lowest BCUT2D eigenvalue weighted by molar-refractivity contribution is -0.384. The van der Waals surface area contributed by atoms with Crippen molar-refractivity contribution in [2.45, 2.75) is 44.7 Å². The first-order valence-electron chi connectivity index (χ1n) is 9.00. The van der Waals surface area contributed by atoms with E-state index in [1.165, 1.54) is 44.2 Å². The second-order valence-electron chi connectivity index (χ2n) is 6.65. The van der Waals surface area contributed by atoms with Crippen LogP contribution in [0.15, 0.2) is 24.3 Å². The van der Waals surface area contributed by atoms with Crippen LogP contribution in [-0.2, 0) is 11.3 Å². The summed E-state index contributed by atoms with van der Waals surface area (Å²) in [7, 11) is 0. The van der Waals surface area contributed by atoms with Crippen molar-refractivity contribution in [2.24, 2.45) is 5.92 Å². The largest absolute Gasteiger partial charge is 0.350 e. The van der Waals surface area contributed by atoms with Crippen LogP contribution in [0.2, 0.25) is 0 Å². The van der Waals surface area contributed by atoms with Crippen LogP contribution in [0.4, 0.5) is 10.5 Å². The van der Waals surface area contributed by atoms with E-state index >= 15 is 0 Å². The Balaban J connectivity index is 1.81. The first-order chi connectivity index (χ1) is 13.0. The summed E-state index contributed by atoms with van der Waals surface area (Å²) in [5.74, 6) is 2.03. The average Bonchev–Trinajstić information content (AvgIpc) is 2.66. The van der Waals surface area contributed by atoms with E-state index in [1.54, 1.807) is 46.5 Å². The molecule has 0 spiro atoms. The minimum atomic E-state index is -0.582. The number of halogens is 1. The molecule has 1 saturated carbocycles. The summed E-state index contributed by atoms with van der Waals surface area (Å²) in [6.45, 7) is 0.262. The summed E-state index contributed by atoms with van der Waals surface area (Å²) in [4.78, 5) is 34.1. The number of nitrogens with one attached hydrogen (secondary N) is 2. The Morgan fingerprint density at radius 2 is 1.89 bits per heavy atom. The number of non-ortho nitro benzene ring substituents is 1. The highest BCUT2D eigenvalue weighted by molar-refractivity contribution is 14.1. The van der Waals surface area contributed by atoms with Crippen molar-refractivity contribution in [1.82, 2.24) is 10.6 Å². The Morgan fingerprint density at radius 3 is 2.48 bits per heavy atom. The van der Waals surface area contributed by atoms with Crippen LogP contribution in [0.3, 0.4) is 0 Å². The maximum Gasteiger partial charge on any atom is 0.281 e. The molecule has 0 radical (unpaired) electrons. The average molecular weight is 505 g/mol. The smallest absolute Gasteiger partial charge is 0.281 e. The van der Waals surface area contributed by atoms with Gasteiger partial charge >= 0.3 is 0 Å². The van der Waals surface area contributed by atoms with Crippen LogP contribution >= 0.6 is 34.4 Å². The highest BCUT2D eigenvalue weighted by Crippen LogP contribution is 2.27. The van der Waals surface area contributed by atoms with Gasteiger partial charge in [0.05, 0.1) is 4.92 Å². The Kier molecular flexibility index (Phi) is 9.32. The van der Waals surface area contributed by atoms with Gasteiger partial charge in [0, 0.05) is 47.0 Å². The second kappa shape index (κ2) is 11.5. The molecule has 1 atom stereocenters. The molecule has 2 rings (SSSR count). The summed E-state index contributed by atoms with van der Waals surface area (Å²) in [5.41, 5.74) is 0.780. The van der Waals surface area contributed by atoms with Gasteiger partial charge in [0.2, 0.25) is 5.91 Å². The van der Waals surface area contributed by atoms with Crippen LogP contribution in [-0.4, -0.2) is 32.3 Å². The van der Waals surface area contributed by atoms with Crippen LogP contribution in [0.1, 0.15) is 37.7 Å². The van der Waals surface area contributed by atoms with Gasteiger partial charge in [-0.25, -0.2) is 0 Å². The third-order valence-corrected chi connectivity index (χ3v) is 6.17. The van der Waals surface area contributed by atoms with Gasteiger partial charge < -0.3 is 10.6 Å². The molecule has 1 aliphatic rings. The molecule has 148 valence electrons. The molecule has 0 aromatic heterocycles. The monoisotopic (exact) mass is 505 g/mol. The molecule has 1 aromatic carbocycles. The molecular weight excluding hydrogens is 481 g/mol. The van der Waals surface area contributed by atoms with Gasteiger partial charge in [-0.1, -0.05) is 31.4 Å². The number of nitro benzene ring substituents is 1. The lowest BCUT2D eigenvalue weighted by Crippen LogP contribution is -2.46. The number of amides is 2. The third-order valence-electron chi connectivity index (χ3n) is 4.58. The van der Waals surface area contributed by atoms with Gasteiger partial charge in [-0.3, -0.25) is 19.7 Å². The van der Waals surface area contributed by atoms with Crippen molar-refractivity contribution >= 4 is 49.9 Å². The SMILES string of the molecule is O=C(I)NC(CSCC1CCCCC1)C(=O)NCc1ccc([N+](=O)[O-])cc1. The molecular formula is C18H24IN3O4S. The van der Waals surface area contributed by atoms with E-state index < -0.39 is 11.0 Å². The molecule has 7 nitrogen and oxygen atoms in total. The Labute approximate surface area is 176 Å². The zero-order valence-corrected chi connectivity index (χ0v) is 18.0. The Bertz CT molecular complexity index is 651. The maximum atomic E-state index is 12.5. The van der Waals surface area contributed by atoms with Crippen molar-refractivity contribution in [1.29, 1.82) is 0 Å². The number of benzene rings is 1. The topological polar surface area (TPSA) is 101 Å². The fraction of sp³-hybridized carbons (Fsp3) is 0.556. The summed E-state index contributed by atoms with van der Waals surface area (Å²) in [6, 6.07) is 5.46. The van der Waals surface area contributed by atoms with Gasteiger partial charge in [0.15, 0.2) is 0 Å². The number of rotatable bonds is 9. The first kappa shape index (κ1) is 21.9. The highest BCUT2D eigenvalue weighted by Gasteiger charge is 2.21. The van der Waals surface area contributed by atoms with Crippen molar-refractivity contribution < 1.29 is 14.5 Å². The van der Waals surface area contributed by atoms with E-state index in [0.717, 1.165) is 11.3 Å². The van der Waals surface area contributed by atoms with Gasteiger partial charge in [-0.2, -0.15) is 11.8 Å². The number of nitro groups is 1. The lowest BCUT2D eigenvalue weighted by atomic mass is 9.91. The highest BCUT2D eigenvalue weighted by atomic mass is 127. The predicted molar refractivity (Wildman–Crippen MR) is 115 cm³/mol. The molecule has 1 aromatic rings. The number of hydrogen-bond acceptors (Lipinski definition) is 5. The lowest BCUT2D eigenvalue weighted by Gasteiger charge is -2.22. The zero-order valence-electron chi connectivity index (χ0n) is 15.0.